The third-order valence-corrected chi connectivity index (χ3v) is 2.92. The molecule has 0 saturated carbocycles. The number of rotatable bonds is 8. The summed E-state index contributed by atoms with van der Waals surface area (Å²) < 4.78 is 10.1. The highest BCUT2D eigenvalue weighted by Gasteiger charge is 2.19. The summed E-state index contributed by atoms with van der Waals surface area (Å²) in [5.41, 5.74) is 5.70. The zero-order valence-electron chi connectivity index (χ0n) is 12.0. The van der Waals surface area contributed by atoms with E-state index in [4.69, 9.17) is 15.2 Å². The van der Waals surface area contributed by atoms with Gasteiger partial charge in [0.25, 0.3) is 5.91 Å². The zero-order valence-corrected chi connectivity index (χ0v) is 12.0. The molecule has 0 aliphatic rings. The van der Waals surface area contributed by atoms with Crippen molar-refractivity contribution in [3.05, 3.63) is 23.8 Å². The number of nitrogens with two attached hydrogens (primary N) is 1. The maximum absolute atomic E-state index is 12.5. The summed E-state index contributed by atoms with van der Waals surface area (Å²) >= 11 is 0. The minimum atomic E-state index is -0.257. The minimum Gasteiger partial charge on any atom is -0.507 e. The summed E-state index contributed by atoms with van der Waals surface area (Å²) in [4.78, 5) is 14.1. The topological polar surface area (TPSA) is 85.0 Å². The molecule has 1 aromatic rings. The number of hydrogen-bond donors (Lipinski definition) is 2. The Bertz CT molecular complexity index is 429. The number of amides is 1. The Labute approximate surface area is 119 Å². The van der Waals surface area contributed by atoms with Gasteiger partial charge in [-0.15, -0.1) is 0 Å². The zero-order chi connectivity index (χ0) is 15.0. The molecule has 0 aromatic heterocycles. The summed E-state index contributed by atoms with van der Waals surface area (Å²) in [5, 5.41) is 9.84. The summed E-state index contributed by atoms with van der Waals surface area (Å²) in [6, 6.07) is 4.58. The van der Waals surface area contributed by atoms with E-state index in [9.17, 15) is 9.90 Å². The van der Waals surface area contributed by atoms with Crippen molar-refractivity contribution in [3.8, 4) is 11.5 Å². The van der Waals surface area contributed by atoms with Crippen molar-refractivity contribution in [2.45, 2.75) is 6.42 Å². The Morgan fingerprint density at radius 1 is 1.35 bits per heavy atom. The van der Waals surface area contributed by atoms with E-state index in [0.717, 1.165) is 0 Å². The molecule has 0 spiro atoms. The molecule has 6 nitrogen and oxygen atoms in total. The number of ether oxygens (including phenoxy) is 2. The molecule has 3 N–H and O–H groups in total. The van der Waals surface area contributed by atoms with Crippen LogP contribution in [0.3, 0.4) is 0 Å². The molecule has 0 radical (unpaired) electrons. The first-order valence-electron chi connectivity index (χ1n) is 6.49. The van der Waals surface area contributed by atoms with E-state index in [1.54, 1.807) is 18.1 Å². The van der Waals surface area contributed by atoms with Crippen LogP contribution in [0.2, 0.25) is 0 Å². The SMILES string of the molecule is COCCN(CCCN)C(=O)c1cc(OC)ccc1O. The molecule has 0 atom stereocenters. The fourth-order valence-electron chi connectivity index (χ4n) is 1.78. The first-order chi connectivity index (χ1) is 9.63. The molecule has 0 saturated heterocycles. The van der Waals surface area contributed by atoms with Crippen LogP contribution in [0.15, 0.2) is 18.2 Å². The number of benzene rings is 1. The van der Waals surface area contributed by atoms with Crippen molar-refractivity contribution in [2.75, 3.05) is 40.5 Å². The number of aromatic hydroxyl groups is 1. The third-order valence-electron chi connectivity index (χ3n) is 2.92. The highest BCUT2D eigenvalue weighted by molar-refractivity contribution is 5.97. The average molecular weight is 282 g/mol. The summed E-state index contributed by atoms with van der Waals surface area (Å²) in [6.45, 7) is 1.91. The number of phenolic OH excluding ortho intramolecular Hbond substituents is 1. The summed E-state index contributed by atoms with van der Waals surface area (Å²) in [7, 11) is 3.09. The van der Waals surface area contributed by atoms with Crippen LogP contribution in [-0.4, -0.2) is 56.4 Å². The third kappa shape index (κ3) is 4.40. The van der Waals surface area contributed by atoms with Gasteiger partial charge in [0.1, 0.15) is 11.5 Å². The van der Waals surface area contributed by atoms with Gasteiger partial charge in [0.05, 0.1) is 19.3 Å². The molecule has 1 aromatic carbocycles. The maximum Gasteiger partial charge on any atom is 0.257 e. The number of hydrogen-bond acceptors (Lipinski definition) is 5. The van der Waals surface area contributed by atoms with E-state index in [1.165, 1.54) is 19.2 Å². The van der Waals surface area contributed by atoms with Crippen LogP contribution < -0.4 is 10.5 Å². The van der Waals surface area contributed by atoms with Crippen molar-refractivity contribution in [3.63, 3.8) is 0 Å². The molecule has 112 valence electrons. The second kappa shape index (κ2) is 8.39. The molecule has 0 fully saturated rings. The smallest absolute Gasteiger partial charge is 0.257 e. The lowest BCUT2D eigenvalue weighted by Crippen LogP contribution is -2.35. The maximum atomic E-state index is 12.5. The fourth-order valence-corrected chi connectivity index (χ4v) is 1.78. The van der Waals surface area contributed by atoms with E-state index in [2.05, 4.69) is 0 Å². The molecule has 1 amide bonds. The molecular weight excluding hydrogens is 260 g/mol. The van der Waals surface area contributed by atoms with E-state index in [0.29, 0.717) is 38.4 Å². The van der Waals surface area contributed by atoms with E-state index < -0.39 is 0 Å². The standard InChI is InChI=1S/C14H22N2O4/c1-19-9-8-16(7-3-6-15)14(18)12-10-11(20-2)4-5-13(12)17/h4-5,10,17H,3,6-9,15H2,1-2H3. The Morgan fingerprint density at radius 3 is 2.70 bits per heavy atom. The largest absolute Gasteiger partial charge is 0.507 e. The van der Waals surface area contributed by atoms with Crippen molar-refractivity contribution >= 4 is 5.91 Å². The van der Waals surface area contributed by atoms with Gasteiger partial charge in [0, 0.05) is 20.2 Å². The molecule has 0 aliphatic heterocycles. The normalized spacial score (nSPS) is 10.3. The number of carbonyl (C=O) groups excluding carboxylic acids is 1. The van der Waals surface area contributed by atoms with Gasteiger partial charge in [0.2, 0.25) is 0 Å². The van der Waals surface area contributed by atoms with Gasteiger partial charge >= 0.3 is 0 Å². The predicted octanol–water partition coefficient (Wildman–Crippen LogP) is 0.838. The Hall–Kier alpha value is -1.79. The first kappa shape index (κ1) is 16.3. The summed E-state index contributed by atoms with van der Waals surface area (Å²) in [6.07, 6.45) is 0.695. The van der Waals surface area contributed by atoms with Gasteiger partial charge in [-0.2, -0.15) is 0 Å². The van der Waals surface area contributed by atoms with Crippen molar-refractivity contribution in [1.82, 2.24) is 4.90 Å². The Morgan fingerprint density at radius 2 is 2.10 bits per heavy atom. The van der Waals surface area contributed by atoms with Gasteiger partial charge in [-0.05, 0) is 31.2 Å². The van der Waals surface area contributed by atoms with Crippen LogP contribution in [0.5, 0.6) is 11.5 Å². The van der Waals surface area contributed by atoms with E-state index >= 15 is 0 Å². The highest BCUT2D eigenvalue weighted by Crippen LogP contribution is 2.24. The number of methoxy groups -OCH3 is 2. The Kier molecular flexibility index (Phi) is 6.83. The van der Waals surface area contributed by atoms with Crippen molar-refractivity contribution in [2.24, 2.45) is 5.73 Å². The van der Waals surface area contributed by atoms with Crippen molar-refractivity contribution < 1.29 is 19.4 Å². The van der Waals surface area contributed by atoms with Crippen LogP contribution in [-0.2, 0) is 4.74 Å². The number of carbonyl (C=O) groups is 1. The molecule has 0 unspecified atom stereocenters. The van der Waals surface area contributed by atoms with Gasteiger partial charge < -0.3 is 25.2 Å². The molecule has 20 heavy (non-hydrogen) atoms. The van der Waals surface area contributed by atoms with Crippen LogP contribution >= 0.6 is 0 Å². The first-order valence-corrected chi connectivity index (χ1v) is 6.49. The van der Waals surface area contributed by atoms with Crippen LogP contribution in [0.4, 0.5) is 0 Å². The quantitative estimate of drug-likeness (QED) is 0.738. The monoisotopic (exact) mass is 282 g/mol. The molecule has 0 bridgehead atoms. The summed E-state index contributed by atoms with van der Waals surface area (Å²) in [5.74, 6) is 0.203. The molecule has 0 heterocycles. The van der Waals surface area contributed by atoms with E-state index in [-0.39, 0.29) is 17.2 Å². The predicted molar refractivity (Wildman–Crippen MR) is 76.1 cm³/mol. The molecular formula is C14H22N2O4. The number of phenols is 1. The van der Waals surface area contributed by atoms with Gasteiger partial charge in [-0.25, -0.2) is 0 Å². The molecule has 0 aliphatic carbocycles. The lowest BCUT2D eigenvalue weighted by molar-refractivity contribution is 0.0691. The van der Waals surface area contributed by atoms with Crippen LogP contribution in [0.1, 0.15) is 16.8 Å². The van der Waals surface area contributed by atoms with E-state index in [1.807, 2.05) is 0 Å². The number of nitrogens with zero attached hydrogens (tertiary/aromatic N) is 1. The van der Waals surface area contributed by atoms with Gasteiger partial charge in [0.15, 0.2) is 0 Å². The minimum absolute atomic E-state index is 0.0639. The van der Waals surface area contributed by atoms with Crippen molar-refractivity contribution in [1.29, 1.82) is 0 Å². The van der Waals surface area contributed by atoms with Crippen LogP contribution in [0.25, 0.3) is 0 Å². The molecule has 1 rings (SSSR count). The average Bonchev–Trinajstić information content (AvgIpc) is 2.47. The van der Waals surface area contributed by atoms with Gasteiger partial charge in [-0.1, -0.05) is 0 Å². The lowest BCUT2D eigenvalue weighted by atomic mass is 10.1. The second-order valence-corrected chi connectivity index (χ2v) is 4.31. The highest BCUT2D eigenvalue weighted by atomic mass is 16.5. The fraction of sp³-hybridized carbons (Fsp3) is 0.500. The van der Waals surface area contributed by atoms with Crippen LogP contribution in [0, 0.1) is 0 Å². The molecule has 6 heteroatoms. The Balaban J connectivity index is 2.91. The second-order valence-electron chi connectivity index (χ2n) is 4.31. The lowest BCUT2D eigenvalue weighted by Gasteiger charge is -2.22. The van der Waals surface area contributed by atoms with Gasteiger partial charge in [-0.3, -0.25) is 4.79 Å².